The van der Waals surface area contributed by atoms with Crippen molar-refractivity contribution in [3.8, 4) is 0 Å². The Labute approximate surface area is 148 Å². The van der Waals surface area contributed by atoms with Crippen molar-refractivity contribution in [3.63, 3.8) is 0 Å². The van der Waals surface area contributed by atoms with E-state index < -0.39 is 0 Å². The van der Waals surface area contributed by atoms with Gasteiger partial charge in [0.2, 0.25) is 11.8 Å². The largest absolute Gasteiger partial charge is 0.339 e. The Morgan fingerprint density at radius 1 is 1.33 bits per heavy atom. The first-order valence-corrected chi connectivity index (χ1v) is 9.70. The van der Waals surface area contributed by atoms with E-state index in [-0.39, 0.29) is 18.4 Å². The second kappa shape index (κ2) is 7.23. The number of rotatable bonds is 4. The highest BCUT2D eigenvalue weighted by molar-refractivity contribution is 7.10. The van der Waals surface area contributed by atoms with Crippen molar-refractivity contribution in [2.75, 3.05) is 38.6 Å². The minimum Gasteiger partial charge on any atom is -0.339 e. The SMILES string of the molecule is CCC1CN(C(=O)CN2C(=O)CCCc3sccc32)CC1N(C)C. The number of anilines is 1. The van der Waals surface area contributed by atoms with Gasteiger partial charge < -0.3 is 14.7 Å². The standard InChI is InChI=1S/C18H27N3O2S/c1-4-13-10-20(11-15(13)19(2)3)18(23)12-21-14-8-9-24-16(14)6-5-7-17(21)22/h8-9,13,15H,4-7,10-12H2,1-3H3. The molecule has 132 valence electrons. The number of fused-ring (bicyclic) bond motifs is 1. The Morgan fingerprint density at radius 2 is 2.12 bits per heavy atom. The predicted octanol–water partition coefficient (Wildman–Crippen LogP) is 2.22. The molecule has 1 fully saturated rings. The number of thiophene rings is 1. The first-order valence-electron chi connectivity index (χ1n) is 8.82. The minimum atomic E-state index is 0.0743. The van der Waals surface area contributed by atoms with Crippen LogP contribution in [0.5, 0.6) is 0 Å². The lowest BCUT2D eigenvalue weighted by Gasteiger charge is -2.25. The minimum absolute atomic E-state index is 0.0743. The molecule has 0 aliphatic carbocycles. The van der Waals surface area contributed by atoms with E-state index in [1.54, 1.807) is 16.2 Å². The molecule has 2 atom stereocenters. The molecule has 0 aromatic carbocycles. The summed E-state index contributed by atoms with van der Waals surface area (Å²) in [5, 5.41) is 2.02. The highest BCUT2D eigenvalue weighted by Crippen LogP contribution is 2.32. The maximum atomic E-state index is 12.8. The lowest BCUT2D eigenvalue weighted by Crippen LogP contribution is -2.43. The highest BCUT2D eigenvalue weighted by atomic mass is 32.1. The molecule has 0 bridgehead atoms. The van der Waals surface area contributed by atoms with Crippen LogP contribution < -0.4 is 4.90 Å². The Balaban J connectivity index is 1.72. The monoisotopic (exact) mass is 349 g/mol. The molecule has 6 heteroatoms. The number of likely N-dealkylation sites (N-methyl/N-ethyl adjacent to an activating group) is 1. The van der Waals surface area contributed by atoms with E-state index in [2.05, 4.69) is 25.9 Å². The van der Waals surface area contributed by atoms with Crippen molar-refractivity contribution in [1.29, 1.82) is 0 Å². The molecule has 2 aliphatic heterocycles. The van der Waals surface area contributed by atoms with E-state index in [1.807, 2.05) is 16.3 Å². The number of carbonyl (C=O) groups is 2. The molecule has 2 unspecified atom stereocenters. The number of hydrogen-bond donors (Lipinski definition) is 0. The van der Waals surface area contributed by atoms with Gasteiger partial charge in [-0.2, -0.15) is 0 Å². The van der Waals surface area contributed by atoms with Crippen molar-refractivity contribution in [2.45, 2.75) is 38.6 Å². The number of aryl methyl sites for hydroxylation is 1. The molecule has 0 saturated carbocycles. The summed E-state index contributed by atoms with van der Waals surface area (Å²) in [6.07, 6.45) is 3.42. The summed E-state index contributed by atoms with van der Waals surface area (Å²) < 4.78 is 0. The Morgan fingerprint density at radius 3 is 2.79 bits per heavy atom. The summed E-state index contributed by atoms with van der Waals surface area (Å²) in [5.41, 5.74) is 0.950. The van der Waals surface area contributed by atoms with Crippen molar-refractivity contribution in [2.24, 2.45) is 5.92 Å². The molecule has 3 rings (SSSR count). The van der Waals surface area contributed by atoms with Crippen LogP contribution in [0.1, 0.15) is 31.1 Å². The summed E-state index contributed by atoms with van der Waals surface area (Å²) >= 11 is 1.69. The zero-order valence-electron chi connectivity index (χ0n) is 14.8. The quantitative estimate of drug-likeness (QED) is 0.837. The van der Waals surface area contributed by atoms with Crippen molar-refractivity contribution in [1.82, 2.24) is 9.80 Å². The smallest absolute Gasteiger partial charge is 0.242 e. The Hall–Kier alpha value is -1.40. The Bertz CT molecular complexity index is 613. The molecule has 3 heterocycles. The molecule has 2 aliphatic rings. The fraction of sp³-hybridized carbons (Fsp3) is 0.667. The first kappa shape index (κ1) is 17.4. The molecule has 0 spiro atoms. The molecule has 0 N–H and O–H groups in total. The van der Waals surface area contributed by atoms with Crippen LogP contribution in [0.2, 0.25) is 0 Å². The number of likely N-dealkylation sites (tertiary alicyclic amines) is 1. The number of hydrogen-bond acceptors (Lipinski definition) is 4. The van der Waals surface area contributed by atoms with Crippen molar-refractivity contribution >= 4 is 28.8 Å². The van der Waals surface area contributed by atoms with Crippen molar-refractivity contribution < 1.29 is 9.59 Å². The Kier molecular flexibility index (Phi) is 5.25. The number of carbonyl (C=O) groups excluding carboxylic acids is 2. The maximum Gasteiger partial charge on any atom is 0.242 e. The van der Waals surface area contributed by atoms with Gasteiger partial charge in [0.05, 0.1) is 5.69 Å². The van der Waals surface area contributed by atoms with Crippen LogP contribution in [0.25, 0.3) is 0 Å². The van der Waals surface area contributed by atoms with E-state index in [0.717, 1.165) is 38.0 Å². The number of nitrogens with zero attached hydrogens (tertiary/aromatic N) is 3. The first-order chi connectivity index (χ1) is 11.5. The zero-order valence-corrected chi connectivity index (χ0v) is 15.6. The van der Waals surface area contributed by atoms with Crippen LogP contribution >= 0.6 is 11.3 Å². The molecular weight excluding hydrogens is 322 g/mol. The van der Waals surface area contributed by atoms with Gasteiger partial charge in [0.1, 0.15) is 6.54 Å². The number of amides is 2. The summed E-state index contributed by atoms with van der Waals surface area (Å²) in [5.74, 6) is 0.668. The van der Waals surface area contributed by atoms with Gasteiger partial charge in [-0.25, -0.2) is 0 Å². The van der Waals surface area contributed by atoms with Crippen LogP contribution in [-0.2, 0) is 16.0 Å². The van der Waals surface area contributed by atoms with Gasteiger partial charge in [0.15, 0.2) is 0 Å². The topological polar surface area (TPSA) is 43.9 Å². The van der Waals surface area contributed by atoms with Crippen LogP contribution in [0.15, 0.2) is 11.4 Å². The molecule has 1 aromatic rings. The molecule has 1 aromatic heterocycles. The maximum absolute atomic E-state index is 12.8. The molecule has 0 radical (unpaired) electrons. The van der Waals surface area contributed by atoms with Crippen LogP contribution in [0, 0.1) is 5.92 Å². The van der Waals surface area contributed by atoms with Gasteiger partial charge in [-0.05, 0) is 44.3 Å². The third-order valence-corrected chi connectivity index (χ3v) is 6.32. The van der Waals surface area contributed by atoms with Gasteiger partial charge in [0.25, 0.3) is 0 Å². The normalized spacial score (nSPS) is 24.4. The van der Waals surface area contributed by atoms with E-state index in [1.165, 1.54) is 4.88 Å². The summed E-state index contributed by atoms with van der Waals surface area (Å²) in [6.45, 7) is 3.93. The third kappa shape index (κ3) is 3.35. The van der Waals surface area contributed by atoms with Gasteiger partial charge in [-0.1, -0.05) is 13.3 Å². The fourth-order valence-electron chi connectivity index (χ4n) is 3.88. The molecule has 1 saturated heterocycles. The highest BCUT2D eigenvalue weighted by Gasteiger charge is 2.36. The van der Waals surface area contributed by atoms with E-state index >= 15 is 0 Å². The van der Waals surface area contributed by atoms with E-state index in [0.29, 0.717) is 18.4 Å². The van der Waals surface area contributed by atoms with Crippen molar-refractivity contribution in [3.05, 3.63) is 16.3 Å². The van der Waals surface area contributed by atoms with E-state index in [4.69, 9.17) is 0 Å². The summed E-state index contributed by atoms with van der Waals surface area (Å²) in [6, 6.07) is 2.40. The van der Waals surface area contributed by atoms with Crippen LogP contribution in [0.4, 0.5) is 5.69 Å². The fourth-order valence-corrected chi connectivity index (χ4v) is 4.81. The zero-order chi connectivity index (χ0) is 17.3. The molecular formula is C18H27N3O2S. The summed E-state index contributed by atoms with van der Waals surface area (Å²) in [7, 11) is 4.16. The molecule has 2 amide bonds. The van der Waals surface area contributed by atoms with Gasteiger partial charge in [-0.15, -0.1) is 11.3 Å². The van der Waals surface area contributed by atoms with Crippen LogP contribution in [-0.4, -0.2) is 61.4 Å². The summed E-state index contributed by atoms with van der Waals surface area (Å²) in [4.78, 5) is 32.4. The van der Waals surface area contributed by atoms with Gasteiger partial charge in [-0.3, -0.25) is 9.59 Å². The molecule has 24 heavy (non-hydrogen) atoms. The predicted molar refractivity (Wildman–Crippen MR) is 97.4 cm³/mol. The van der Waals surface area contributed by atoms with Gasteiger partial charge in [0, 0.05) is 30.4 Å². The molecule has 5 nitrogen and oxygen atoms in total. The average molecular weight is 350 g/mol. The second-order valence-corrected chi connectivity index (χ2v) is 8.06. The van der Waals surface area contributed by atoms with Crippen LogP contribution in [0.3, 0.4) is 0 Å². The average Bonchev–Trinajstić information content (AvgIpc) is 3.16. The lowest BCUT2D eigenvalue weighted by molar-refractivity contribution is -0.130. The second-order valence-electron chi connectivity index (χ2n) is 7.06. The van der Waals surface area contributed by atoms with Gasteiger partial charge >= 0.3 is 0 Å². The lowest BCUT2D eigenvalue weighted by atomic mass is 10.0. The van der Waals surface area contributed by atoms with E-state index in [9.17, 15) is 9.59 Å². The third-order valence-electron chi connectivity index (χ3n) is 5.35.